The van der Waals surface area contributed by atoms with Crippen molar-refractivity contribution in [1.82, 2.24) is 0 Å². The topological polar surface area (TPSA) is 114 Å². The Morgan fingerprint density at radius 2 is 1.71 bits per heavy atom. The average molecular weight is 381 g/mol. The summed E-state index contributed by atoms with van der Waals surface area (Å²) in [5.74, 6) is -0.589. The third-order valence-electron chi connectivity index (χ3n) is 3.77. The van der Waals surface area contributed by atoms with Crippen LogP contribution in [-0.2, 0) is 28.5 Å². The Morgan fingerprint density at radius 3 is 2.08 bits per heavy atom. The number of halogens is 3. The van der Waals surface area contributed by atoms with Gasteiger partial charge in [0.25, 0.3) is 0 Å². The molecule has 0 bridgehead atoms. The summed E-state index contributed by atoms with van der Waals surface area (Å²) in [6.07, 6.45) is -4.36. The molecule has 142 valence electrons. The van der Waals surface area contributed by atoms with Crippen molar-refractivity contribution in [2.45, 2.75) is 42.9 Å². The highest BCUT2D eigenvalue weighted by Gasteiger charge is 2.55. The van der Waals surface area contributed by atoms with Gasteiger partial charge in [-0.15, -0.1) is 0 Å². The summed E-state index contributed by atoms with van der Waals surface area (Å²) in [5.41, 5.74) is -5.69. The Balaban J connectivity index is 3.12. The molecule has 4 atom stereocenters. The van der Waals surface area contributed by atoms with E-state index in [4.69, 9.17) is 14.2 Å². The van der Waals surface area contributed by atoms with Crippen molar-refractivity contribution >= 4 is 10.1 Å². The number of nitrogens with zero attached hydrogens (tertiary/aromatic N) is 1. The van der Waals surface area contributed by atoms with E-state index in [0.29, 0.717) is 0 Å². The number of ether oxygens (including phenoxy) is 3. The Bertz CT molecular complexity index is 536. The van der Waals surface area contributed by atoms with Gasteiger partial charge in [0.1, 0.15) is 0 Å². The largest absolute Gasteiger partial charge is 0.523 e. The molecule has 0 saturated heterocycles. The van der Waals surface area contributed by atoms with Gasteiger partial charge in [-0.3, -0.25) is 10.1 Å². The standard InChI is InChI=1S/C11H18F3NO8S/c1-20-8-5-6(10(21-2)22-3)4-7(15(16)17)9(8)23-24(18,19)11(12,13)14/h6-10H,4-5H2,1-3H3. The fourth-order valence-corrected chi connectivity index (χ4v) is 3.34. The fourth-order valence-electron chi connectivity index (χ4n) is 2.69. The van der Waals surface area contributed by atoms with E-state index >= 15 is 0 Å². The minimum Gasteiger partial charge on any atom is -0.378 e. The van der Waals surface area contributed by atoms with Gasteiger partial charge in [0, 0.05) is 38.6 Å². The van der Waals surface area contributed by atoms with Gasteiger partial charge >= 0.3 is 15.6 Å². The van der Waals surface area contributed by atoms with E-state index in [9.17, 15) is 31.7 Å². The molecule has 0 aromatic heterocycles. The minimum atomic E-state index is -6.00. The highest BCUT2D eigenvalue weighted by atomic mass is 32.2. The highest BCUT2D eigenvalue weighted by molar-refractivity contribution is 7.87. The van der Waals surface area contributed by atoms with Crippen LogP contribution in [0.4, 0.5) is 13.2 Å². The molecule has 1 saturated carbocycles. The molecule has 0 radical (unpaired) electrons. The lowest BCUT2D eigenvalue weighted by molar-refractivity contribution is -0.542. The molecule has 1 aliphatic rings. The molecule has 0 heterocycles. The first-order valence-corrected chi connectivity index (χ1v) is 8.10. The van der Waals surface area contributed by atoms with Gasteiger partial charge in [0.05, 0.1) is 6.10 Å². The summed E-state index contributed by atoms with van der Waals surface area (Å²) in [6, 6.07) is -1.74. The Morgan fingerprint density at radius 1 is 1.17 bits per heavy atom. The summed E-state index contributed by atoms with van der Waals surface area (Å²) in [5, 5.41) is 11.2. The van der Waals surface area contributed by atoms with E-state index < -0.39 is 51.0 Å². The first-order chi connectivity index (χ1) is 11.0. The molecule has 0 spiro atoms. The third-order valence-corrected chi connectivity index (χ3v) is 4.81. The number of nitro groups is 1. The Kier molecular flexibility index (Phi) is 6.93. The smallest absolute Gasteiger partial charge is 0.378 e. The summed E-state index contributed by atoms with van der Waals surface area (Å²) in [7, 11) is -2.31. The van der Waals surface area contributed by atoms with E-state index in [1.54, 1.807) is 0 Å². The van der Waals surface area contributed by atoms with Crippen molar-refractivity contribution in [3.8, 4) is 0 Å². The fraction of sp³-hybridized carbons (Fsp3) is 1.00. The molecule has 1 rings (SSSR count). The average Bonchev–Trinajstić information content (AvgIpc) is 2.47. The van der Waals surface area contributed by atoms with Crippen molar-refractivity contribution in [2.75, 3.05) is 21.3 Å². The molecule has 0 N–H and O–H groups in total. The summed E-state index contributed by atoms with van der Waals surface area (Å²) in [6.45, 7) is 0. The van der Waals surface area contributed by atoms with Crippen LogP contribution in [0.15, 0.2) is 0 Å². The zero-order valence-electron chi connectivity index (χ0n) is 13.1. The zero-order valence-corrected chi connectivity index (χ0v) is 13.9. The molecule has 4 unspecified atom stereocenters. The molecule has 1 aliphatic carbocycles. The van der Waals surface area contributed by atoms with E-state index in [1.807, 2.05) is 0 Å². The van der Waals surface area contributed by atoms with Crippen LogP contribution in [0.3, 0.4) is 0 Å². The van der Waals surface area contributed by atoms with E-state index in [2.05, 4.69) is 4.18 Å². The van der Waals surface area contributed by atoms with Crippen LogP contribution in [0, 0.1) is 16.0 Å². The Hall–Kier alpha value is -1.02. The summed E-state index contributed by atoms with van der Waals surface area (Å²) >= 11 is 0. The lowest BCUT2D eigenvalue weighted by Gasteiger charge is -2.38. The SMILES string of the molecule is COC1CC(C(OC)OC)CC([N+](=O)[O-])C1OS(=O)(=O)C(F)(F)F. The highest BCUT2D eigenvalue weighted by Crippen LogP contribution is 2.36. The molecular weight excluding hydrogens is 363 g/mol. The zero-order chi connectivity index (χ0) is 18.7. The quantitative estimate of drug-likeness (QED) is 0.210. The Labute approximate surface area is 136 Å². The van der Waals surface area contributed by atoms with Gasteiger partial charge in [-0.2, -0.15) is 21.6 Å². The third kappa shape index (κ3) is 4.53. The number of methoxy groups -OCH3 is 3. The number of hydrogen-bond donors (Lipinski definition) is 0. The van der Waals surface area contributed by atoms with Crippen LogP contribution in [0.25, 0.3) is 0 Å². The molecule has 1 fully saturated rings. The maximum absolute atomic E-state index is 12.5. The molecule has 24 heavy (non-hydrogen) atoms. The minimum absolute atomic E-state index is 0.0365. The molecule has 0 aliphatic heterocycles. The van der Waals surface area contributed by atoms with Crippen LogP contribution >= 0.6 is 0 Å². The second-order valence-electron chi connectivity index (χ2n) is 5.16. The predicted octanol–water partition coefficient (Wildman–Crippen LogP) is 0.910. The van der Waals surface area contributed by atoms with Crippen LogP contribution in [0.2, 0.25) is 0 Å². The van der Waals surface area contributed by atoms with Gasteiger partial charge in [-0.1, -0.05) is 0 Å². The van der Waals surface area contributed by atoms with Crippen molar-refractivity contribution in [2.24, 2.45) is 5.92 Å². The van der Waals surface area contributed by atoms with E-state index in [-0.39, 0.29) is 12.8 Å². The van der Waals surface area contributed by atoms with Crippen LogP contribution in [0.1, 0.15) is 12.8 Å². The molecule has 0 aromatic carbocycles. The molecular formula is C11H18F3NO8S. The van der Waals surface area contributed by atoms with Gasteiger partial charge in [0.15, 0.2) is 12.4 Å². The molecule has 9 nitrogen and oxygen atoms in total. The number of hydrogen-bond acceptors (Lipinski definition) is 8. The van der Waals surface area contributed by atoms with E-state index in [0.717, 1.165) is 7.11 Å². The van der Waals surface area contributed by atoms with Gasteiger partial charge < -0.3 is 14.2 Å². The molecule has 13 heteroatoms. The van der Waals surface area contributed by atoms with Gasteiger partial charge in [-0.25, -0.2) is 4.18 Å². The van der Waals surface area contributed by atoms with Crippen molar-refractivity contribution in [3.05, 3.63) is 10.1 Å². The summed E-state index contributed by atoms with van der Waals surface area (Å²) in [4.78, 5) is 10.3. The van der Waals surface area contributed by atoms with Gasteiger partial charge in [-0.05, 0) is 6.42 Å². The normalized spacial score (nSPS) is 29.0. The number of rotatable bonds is 7. The monoisotopic (exact) mass is 381 g/mol. The maximum atomic E-state index is 12.5. The van der Waals surface area contributed by atoms with Crippen molar-refractivity contribution in [3.63, 3.8) is 0 Å². The van der Waals surface area contributed by atoms with Crippen LogP contribution in [0.5, 0.6) is 0 Å². The number of alkyl halides is 3. The van der Waals surface area contributed by atoms with Crippen molar-refractivity contribution < 1.29 is 44.9 Å². The first-order valence-electron chi connectivity index (χ1n) is 6.69. The lowest BCUT2D eigenvalue weighted by atomic mass is 9.81. The van der Waals surface area contributed by atoms with Crippen LogP contribution < -0.4 is 0 Å². The predicted molar refractivity (Wildman–Crippen MR) is 72.0 cm³/mol. The van der Waals surface area contributed by atoms with Gasteiger partial charge in [0.2, 0.25) is 6.04 Å². The first kappa shape index (κ1) is 21.0. The molecule has 0 amide bonds. The second-order valence-corrected chi connectivity index (χ2v) is 6.72. The molecule has 0 aromatic rings. The lowest BCUT2D eigenvalue weighted by Crippen LogP contribution is -2.54. The van der Waals surface area contributed by atoms with Crippen molar-refractivity contribution in [1.29, 1.82) is 0 Å². The van der Waals surface area contributed by atoms with Crippen LogP contribution in [-0.4, -0.2) is 64.7 Å². The maximum Gasteiger partial charge on any atom is 0.523 e. The van der Waals surface area contributed by atoms with E-state index in [1.165, 1.54) is 14.2 Å². The summed E-state index contributed by atoms with van der Waals surface area (Å²) < 4.78 is 79.0. The second kappa shape index (κ2) is 7.91.